The monoisotopic (exact) mass is 336 g/mol. The number of rotatable bonds is 3. The number of nitrogen functional groups attached to an aromatic ring is 1. The summed E-state index contributed by atoms with van der Waals surface area (Å²) in [6.45, 7) is 2.14. The standard InChI is InChI=1S/C16H21BrN2O/c1-9(13-7-10-2-3-11(13)6-10)19-16(20)12-4-5-14(17)15(18)8-12/h4-5,8-11,13H,2-3,6-7,18H2,1H3,(H,19,20). The molecular formula is C16H21BrN2O. The Labute approximate surface area is 128 Å². The van der Waals surface area contributed by atoms with Crippen molar-refractivity contribution >= 4 is 27.5 Å². The Bertz CT molecular complexity index is 531. The third kappa shape index (κ3) is 2.58. The maximum atomic E-state index is 12.3. The Balaban J connectivity index is 1.65. The third-order valence-electron chi connectivity index (χ3n) is 5.05. The zero-order valence-electron chi connectivity index (χ0n) is 11.7. The highest BCUT2D eigenvalue weighted by Crippen LogP contribution is 2.49. The second kappa shape index (κ2) is 5.40. The van der Waals surface area contributed by atoms with E-state index in [0.717, 1.165) is 16.3 Å². The van der Waals surface area contributed by atoms with Crippen molar-refractivity contribution in [3.63, 3.8) is 0 Å². The summed E-state index contributed by atoms with van der Waals surface area (Å²) in [6, 6.07) is 5.62. The molecule has 4 heteroatoms. The van der Waals surface area contributed by atoms with Crippen molar-refractivity contribution in [3.05, 3.63) is 28.2 Å². The summed E-state index contributed by atoms with van der Waals surface area (Å²) in [5.41, 5.74) is 7.08. The molecule has 108 valence electrons. The van der Waals surface area contributed by atoms with E-state index < -0.39 is 0 Å². The maximum absolute atomic E-state index is 12.3. The van der Waals surface area contributed by atoms with Crippen LogP contribution in [0.1, 0.15) is 43.0 Å². The number of anilines is 1. The van der Waals surface area contributed by atoms with Crippen LogP contribution in [0, 0.1) is 17.8 Å². The summed E-state index contributed by atoms with van der Waals surface area (Å²) in [5.74, 6) is 2.38. The Kier molecular flexibility index (Phi) is 3.76. The van der Waals surface area contributed by atoms with Crippen molar-refractivity contribution in [2.45, 2.75) is 38.6 Å². The van der Waals surface area contributed by atoms with E-state index in [1.165, 1.54) is 25.7 Å². The normalized spacial score (nSPS) is 29.4. The summed E-state index contributed by atoms with van der Waals surface area (Å²) in [4.78, 5) is 12.3. The second-order valence-electron chi connectivity index (χ2n) is 6.34. The van der Waals surface area contributed by atoms with E-state index in [1.54, 1.807) is 6.07 Å². The molecule has 20 heavy (non-hydrogen) atoms. The van der Waals surface area contributed by atoms with Crippen molar-refractivity contribution < 1.29 is 4.79 Å². The number of hydrogen-bond donors (Lipinski definition) is 2. The van der Waals surface area contributed by atoms with Crippen molar-refractivity contribution in [2.75, 3.05) is 5.73 Å². The number of halogens is 1. The molecule has 0 saturated heterocycles. The first-order valence-electron chi connectivity index (χ1n) is 7.40. The van der Waals surface area contributed by atoms with Gasteiger partial charge in [-0.15, -0.1) is 0 Å². The van der Waals surface area contributed by atoms with Crippen LogP contribution < -0.4 is 11.1 Å². The van der Waals surface area contributed by atoms with Gasteiger partial charge in [-0.25, -0.2) is 0 Å². The highest BCUT2D eigenvalue weighted by atomic mass is 79.9. The summed E-state index contributed by atoms with van der Waals surface area (Å²) < 4.78 is 0.829. The lowest BCUT2D eigenvalue weighted by Crippen LogP contribution is -2.40. The highest BCUT2D eigenvalue weighted by Gasteiger charge is 2.42. The molecule has 4 atom stereocenters. The van der Waals surface area contributed by atoms with Gasteiger partial charge in [-0.2, -0.15) is 0 Å². The van der Waals surface area contributed by atoms with E-state index in [9.17, 15) is 4.79 Å². The van der Waals surface area contributed by atoms with E-state index in [-0.39, 0.29) is 11.9 Å². The van der Waals surface area contributed by atoms with Crippen LogP contribution in [0.5, 0.6) is 0 Å². The molecule has 1 aromatic carbocycles. The fourth-order valence-corrected chi connectivity index (χ4v) is 4.24. The van der Waals surface area contributed by atoms with Gasteiger partial charge in [-0.3, -0.25) is 4.79 Å². The molecule has 3 N–H and O–H groups in total. The van der Waals surface area contributed by atoms with Gasteiger partial charge >= 0.3 is 0 Å². The highest BCUT2D eigenvalue weighted by molar-refractivity contribution is 9.10. The fraction of sp³-hybridized carbons (Fsp3) is 0.562. The van der Waals surface area contributed by atoms with Crippen LogP contribution in [0.3, 0.4) is 0 Å². The number of benzene rings is 1. The molecule has 0 aliphatic heterocycles. The lowest BCUT2D eigenvalue weighted by atomic mass is 9.84. The van der Waals surface area contributed by atoms with Crippen LogP contribution in [0.15, 0.2) is 22.7 Å². The van der Waals surface area contributed by atoms with Crippen molar-refractivity contribution in [3.8, 4) is 0 Å². The minimum atomic E-state index is -0.0144. The van der Waals surface area contributed by atoms with Crippen molar-refractivity contribution in [2.24, 2.45) is 17.8 Å². The summed E-state index contributed by atoms with van der Waals surface area (Å²) >= 11 is 3.35. The zero-order valence-corrected chi connectivity index (χ0v) is 13.3. The first-order chi connectivity index (χ1) is 9.54. The number of nitrogens with one attached hydrogen (secondary N) is 1. The molecule has 2 aliphatic carbocycles. The molecule has 0 spiro atoms. The van der Waals surface area contributed by atoms with Gasteiger partial charge in [0.1, 0.15) is 0 Å². The molecule has 0 aromatic heterocycles. The minimum Gasteiger partial charge on any atom is -0.398 e. The number of nitrogens with two attached hydrogens (primary N) is 1. The van der Waals surface area contributed by atoms with E-state index in [2.05, 4.69) is 28.2 Å². The van der Waals surface area contributed by atoms with Gasteiger partial charge < -0.3 is 11.1 Å². The van der Waals surface area contributed by atoms with Gasteiger partial charge in [-0.1, -0.05) is 6.42 Å². The van der Waals surface area contributed by atoms with Gasteiger partial charge in [0.15, 0.2) is 0 Å². The van der Waals surface area contributed by atoms with Crippen LogP contribution in [0.4, 0.5) is 5.69 Å². The lowest BCUT2D eigenvalue weighted by Gasteiger charge is -2.28. The van der Waals surface area contributed by atoms with E-state index >= 15 is 0 Å². The van der Waals surface area contributed by atoms with Gasteiger partial charge in [0.05, 0.1) is 0 Å². The van der Waals surface area contributed by atoms with Crippen molar-refractivity contribution in [1.82, 2.24) is 5.32 Å². The molecule has 2 fully saturated rings. The molecular weight excluding hydrogens is 316 g/mol. The van der Waals surface area contributed by atoms with Gasteiger partial charge in [0.2, 0.25) is 0 Å². The molecule has 2 bridgehead atoms. The van der Waals surface area contributed by atoms with E-state index in [4.69, 9.17) is 5.73 Å². The maximum Gasteiger partial charge on any atom is 0.251 e. The minimum absolute atomic E-state index is 0.0144. The first kappa shape index (κ1) is 13.9. The van der Waals surface area contributed by atoms with Gasteiger partial charge in [0.25, 0.3) is 5.91 Å². The quantitative estimate of drug-likeness (QED) is 0.828. The topological polar surface area (TPSA) is 55.1 Å². The van der Waals surface area contributed by atoms with Gasteiger partial charge in [0, 0.05) is 21.8 Å². The SMILES string of the molecule is CC(NC(=O)c1ccc(Br)c(N)c1)C1CC2CCC1C2. The van der Waals surface area contributed by atoms with Crippen LogP contribution in [0.2, 0.25) is 0 Å². The average molecular weight is 337 g/mol. The molecule has 0 radical (unpaired) electrons. The van der Waals surface area contributed by atoms with E-state index in [0.29, 0.717) is 17.2 Å². The zero-order chi connectivity index (χ0) is 14.3. The molecule has 1 aromatic rings. The van der Waals surface area contributed by atoms with Crippen LogP contribution >= 0.6 is 15.9 Å². The number of hydrogen-bond acceptors (Lipinski definition) is 2. The van der Waals surface area contributed by atoms with Crippen LogP contribution in [-0.2, 0) is 0 Å². The second-order valence-corrected chi connectivity index (χ2v) is 7.19. The number of carbonyl (C=O) groups is 1. The molecule has 3 rings (SSSR count). The predicted molar refractivity (Wildman–Crippen MR) is 84.4 cm³/mol. The van der Waals surface area contributed by atoms with Gasteiger partial charge in [-0.05, 0) is 78.1 Å². The summed E-state index contributed by atoms with van der Waals surface area (Å²) in [5, 5.41) is 3.16. The fourth-order valence-electron chi connectivity index (χ4n) is 3.99. The largest absolute Gasteiger partial charge is 0.398 e. The molecule has 2 aliphatic rings. The predicted octanol–water partition coefficient (Wildman–Crippen LogP) is 3.59. The van der Waals surface area contributed by atoms with Crippen LogP contribution in [-0.4, -0.2) is 11.9 Å². The molecule has 1 amide bonds. The Hall–Kier alpha value is -1.03. The molecule has 2 saturated carbocycles. The smallest absolute Gasteiger partial charge is 0.251 e. The molecule has 4 unspecified atom stereocenters. The van der Waals surface area contributed by atoms with Crippen LogP contribution in [0.25, 0.3) is 0 Å². The Morgan fingerprint density at radius 1 is 1.40 bits per heavy atom. The summed E-state index contributed by atoms with van der Waals surface area (Å²) in [7, 11) is 0. The molecule has 3 nitrogen and oxygen atoms in total. The average Bonchev–Trinajstić information content (AvgIpc) is 3.04. The number of fused-ring (bicyclic) bond motifs is 2. The lowest BCUT2D eigenvalue weighted by molar-refractivity contribution is 0.0915. The van der Waals surface area contributed by atoms with Crippen molar-refractivity contribution in [1.29, 1.82) is 0 Å². The number of carbonyl (C=O) groups excluding carboxylic acids is 1. The number of amides is 1. The summed E-state index contributed by atoms with van der Waals surface area (Å²) in [6.07, 6.45) is 5.40. The van der Waals surface area contributed by atoms with E-state index in [1.807, 2.05) is 12.1 Å². The Morgan fingerprint density at radius 2 is 2.20 bits per heavy atom. The third-order valence-corrected chi connectivity index (χ3v) is 5.77. The first-order valence-corrected chi connectivity index (χ1v) is 8.19. The molecule has 0 heterocycles. The Morgan fingerprint density at radius 3 is 2.80 bits per heavy atom.